The van der Waals surface area contributed by atoms with E-state index in [1.807, 2.05) is 19.1 Å². The Labute approximate surface area is 82.7 Å². The van der Waals surface area contributed by atoms with Crippen molar-refractivity contribution in [3.63, 3.8) is 0 Å². The Morgan fingerprint density at radius 3 is 2.85 bits per heavy atom. The average molecular weight is 198 g/mol. The minimum atomic E-state index is -0.522. The van der Waals surface area contributed by atoms with Crippen molar-refractivity contribution in [1.82, 2.24) is 0 Å². The standard InChI is InChI=1S/C10H14O2S/c1-3-4-5-6-10(2)8(11)7-9(12)13-10/h5-7,11H,3-4H2,1-2H3/t10-/m1/s1. The van der Waals surface area contributed by atoms with Gasteiger partial charge in [0, 0.05) is 6.08 Å². The fourth-order valence-corrected chi connectivity index (χ4v) is 2.06. The fourth-order valence-electron chi connectivity index (χ4n) is 1.14. The summed E-state index contributed by atoms with van der Waals surface area (Å²) in [5.41, 5.74) is 0. The van der Waals surface area contributed by atoms with Gasteiger partial charge in [0.25, 0.3) is 0 Å². The number of carbonyl (C=O) groups is 1. The third-order valence-corrected chi connectivity index (χ3v) is 3.06. The third kappa shape index (κ3) is 2.37. The Balaban J connectivity index is 2.68. The van der Waals surface area contributed by atoms with E-state index in [0.717, 1.165) is 24.6 Å². The van der Waals surface area contributed by atoms with Crippen LogP contribution in [0, 0.1) is 0 Å². The lowest BCUT2D eigenvalue weighted by atomic mass is 10.1. The van der Waals surface area contributed by atoms with Crippen LogP contribution in [-0.2, 0) is 4.79 Å². The molecular formula is C10H14O2S. The SMILES string of the molecule is CCCC=C[C@@]1(C)SC(=O)C=C1O. The maximum Gasteiger partial charge on any atom is 0.216 e. The maximum atomic E-state index is 11.0. The summed E-state index contributed by atoms with van der Waals surface area (Å²) in [5, 5.41) is 9.42. The lowest BCUT2D eigenvalue weighted by Crippen LogP contribution is -2.16. The molecule has 1 aliphatic heterocycles. The van der Waals surface area contributed by atoms with E-state index >= 15 is 0 Å². The van der Waals surface area contributed by atoms with Crippen LogP contribution in [-0.4, -0.2) is 15.0 Å². The third-order valence-electron chi connectivity index (χ3n) is 1.97. The number of allylic oxidation sites excluding steroid dienone is 1. The Kier molecular flexibility index (Phi) is 3.20. The molecule has 1 atom stereocenters. The normalized spacial score (nSPS) is 28.5. The Bertz CT molecular complexity index is 268. The van der Waals surface area contributed by atoms with Gasteiger partial charge in [-0.05, 0) is 13.3 Å². The van der Waals surface area contributed by atoms with Crippen molar-refractivity contribution in [2.75, 3.05) is 0 Å². The van der Waals surface area contributed by atoms with Crippen LogP contribution < -0.4 is 0 Å². The van der Waals surface area contributed by atoms with Crippen molar-refractivity contribution in [3.05, 3.63) is 24.0 Å². The minimum absolute atomic E-state index is 0.0684. The summed E-state index contributed by atoms with van der Waals surface area (Å²) in [6, 6.07) is 0. The molecule has 0 aromatic rings. The predicted octanol–water partition coefficient (Wildman–Crippen LogP) is 2.82. The summed E-state index contributed by atoms with van der Waals surface area (Å²) in [5.74, 6) is 0.162. The topological polar surface area (TPSA) is 37.3 Å². The second-order valence-electron chi connectivity index (χ2n) is 3.25. The first-order chi connectivity index (χ1) is 6.08. The molecule has 0 amide bonds. The van der Waals surface area contributed by atoms with Gasteiger partial charge in [-0.1, -0.05) is 37.3 Å². The molecule has 2 nitrogen and oxygen atoms in total. The van der Waals surface area contributed by atoms with Crippen LogP contribution in [0.5, 0.6) is 0 Å². The first-order valence-electron chi connectivity index (χ1n) is 4.40. The lowest BCUT2D eigenvalue weighted by molar-refractivity contribution is -0.106. The molecule has 3 heteroatoms. The summed E-state index contributed by atoms with van der Waals surface area (Å²) in [6.45, 7) is 3.94. The first kappa shape index (κ1) is 10.4. The second-order valence-corrected chi connectivity index (χ2v) is 4.70. The quantitative estimate of drug-likeness (QED) is 0.708. The van der Waals surface area contributed by atoms with E-state index in [9.17, 15) is 9.90 Å². The van der Waals surface area contributed by atoms with Crippen molar-refractivity contribution in [2.45, 2.75) is 31.4 Å². The number of carbonyl (C=O) groups excluding carboxylic acids is 1. The van der Waals surface area contributed by atoms with E-state index in [4.69, 9.17) is 0 Å². The molecule has 72 valence electrons. The molecule has 1 aliphatic rings. The Hall–Kier alpha value is -0.700. The molecule has 0 bridgehead atoms. The number of aliphatic hydroxyl groups excluding tert-OH is 1. The monoisotopic (exact) mass is 198 g/mol. The molecule has 1 rings (SSSR count). The van der Waals surface area contributed by atoms with Crippen LogP contribution >= 0.6 is 11.8 Å². The van der Waals surface area contributed by atoms with Gasteiger partial charge < -0.3 is 5.11 Å². The van der Waals surface area contributed by atoms with Gasteiger partial charge in [0.2, 0.25) is 5.12 Å². The highest BCUT2D eigenvalue weighted by Crippen LogP contribution is 2.39. The van der Waals surface area contributed by atoms with Gasteiger partial charge in [-0.2, -0.15) is 0 Å². The van der Waals surface area contributed by atoms with Gasteiger partial charge in [0.1, 0.15) is 5.76 Å². The largest absolute Gasteiger partial charge is 0.510 e. The summed E-state index contributed by atoms with van der Waals surface area (Å²) in [7, 11) is 0. The molecule has 0 aliphatic carbocycles. The lowest BCUT2D eigenvalue weighted by Gasteiger charge is -2.17. The van der Waals surface area contributed by atoms with Crippen LogP contribution in [0.3, 0.4) is 0 Å². The van der Waals surface area contributed by atoms with Crippen molar-refractivity contribution >= 4 is 16.9 Å². The van der Waals surface area contributed by atoms with E-state index in [1.54, 1.807) is 0 Å². The van der Waals surface area contributed by atoms with Gasteiger partial charge in [0.15, 0.2) is 0 Å². The van der Waals surface area contributed by atoms with E-state index < -0.39 is 4.75 Å². The van der Waals surface area contributed by atoms with Gasteiger partial charge in [-0.25, -0.2) is 0 Å². The highest BCUT2D eigenvalue weighted by atomic mass is 32.2. The van der Waals surface area contributed by atoms with E-state index in [-0.39, 0.29) is 10.9 Å². The van der Waals surface area contributed by atoms with E-state index in [1.165, 1.54) is 6.08 Å². The molecule has 0 saturated heterocycles. The van der Waals surface area contributed by atoms with Crippen LogP contribution in [0.25, 0.3) is 0 Å². The molecule has 0 unspecified atom stereocenters. The van der Waals surface area contributed by atoms with Crippen LogP contribution in [0.15, 0.2) is 24.0 Å². The Morgan fingerprint density at radius 2 is 2.38 bits per heavy atom. The minimum Gasteiger partial charge on any atom is -0.510 e. The zero-order valence-corrected chi connectivity index (χ0v) is 8.73. The van der Waals surface area contributed by atoms with Gasteiger partial charge in [0.05, 0.1) is 4.75 Å². The summed E-state index contributed by atoms with van der Waals surface area (Å²) in [4.78, 5) is 11.0. The smallest absolute Gasteiger partial charge is 0.216 e. The number of rotatable bonds is 3. The zero-order valence-electron chi connectivity index (χ0n) is 7.91. The van der Waals surface area contributed by atoms with E-state index in [0.29, 0.717) is 0 Å². The van der Waals surface area contributed by atoms with Crippen molar-refractivity contribution in [1.29, 1.82) is 0 Å². The summed E-state index contributed by atoms with van der Waals surface area (Å²) >= 11 is 1.16. The van der Waals surface area contributed by atoms with Crippen LogP contribution in [0.2, 0.25) is 0 Å². The van der Waals surface area contributed by atoms with Crippen molar-refractivity contribution in [3.8, 4) is 0 Å². The zero-order chi connectivity index (χ0) is 9.90. The number of hydrogen-bond acceptors (Lipinski definition) is 3. The molecule has 13 heavy (non-hydrogen) atoms. The summed E-state index contributed by atoms with van der Waals surface area (Å²) < 4.78 is -0.522. The van der Waals surface area contributed by atoms with Gasteiger partial charge in [-0.15, -0.1) is 0 Å². The highest BCUT2D eigenvalue weighted by Gasteiger charge is 2.35. The molecule has 0 aromatic carbocycles. The average Bonchev–Trinajstić information content (AvgIpc) is 2.27. The van der Waals surface area contributed by atoms with Crippen LogP contribution in [0.1, 0.15) is 26.7 Å². The molecule has 1 N–H and O–H groups in total. The molecule has 0 aromatic heterocycles. The molecule has 0 radical (unpaired) electrons. The maximum absolute atomic E-state index is 11.0. The van der Waals surface area contributed by atoms with Gasteiger partial charge >= 0.3 is 0 Å². The van der Waals surface area contributed by atoms with E-state index in [2.05, 4.69) is 6.92 Å². The second kappa shape index (κ2) is 4.01. The number of aliphatic hydroxyl groups is 1. The van der Waals surface area contributed by atoms with Crippen molar-refractivity contribution < 1.29 is 9.90 Å². The number of hydrogen-bond donors (Lipinski definition) is 1. The molecule has 0 spiro atoms. The van der Waals surface area contributed by atoms with Crippen LogP contribution in [0.4, 0.5) is 0 Å². The molecule has 0 fully saturated rings. The molecule has 1 heterocycles. The molecular weight excluding hydrogens is 184 g/mol. The molecule has 0 saturated carbocycles. The number of thioether (sulfide) groups is 1. The highest BCUT2D eigenvalue weighted by molar-refractivity contribution is 8.15. The first-order valence-corrected chi connectivity index (χ1v) is 5.22. The summed E-state index contributed by atoms with van der Waals surface area (Å²) in [6.07, 6.45) is 7.27. The predicted molar refractivity (Wildman–Crippen MR) is 55.8 cm³/mol. The number of unbranched alkanes of at least 4 members (excludes halogenated alkanes) is 1. The fraction of sp³-hybridized carbons (Fsp3) is 0.500. The van der Waals surface area contributed by atoms with Crippen molar-refractivity contribution in [2.24, 2.45) is 0 Å². The van der Waals surface area contributed by atoms with Gasteiger partial charge in [-0.3, -0.25) is 4.79 Å². The Morgan fingerprint density at radius 1 is 1.69 bits per heavy atom.